The van der Waals surface area contributed by atoms with Crippen LogP contribution in [0.15, 0.2) is 0 Å². The number of unbranched alkanes of at least 4 members (excludes halogenated alkanes) is 8. The van der Waals surface area contributed by atoms with Crippen LogP contribution in [-0.2, 0) is 4.79 Å². The number of carbonyl (C=O) groups excluding carboxylic acids is 1. The lowest BCUT2D eigenvalue weighted by Crippen LogP contribution is -2.61. The minimum Gasteiger partial charge on any atom is -0.343 e. The van der Waals surface area contributed by atoms with Gasteiger partial charge in [-0.2, -0.15) is 0 Å². The predicted octanol–water partition coefficient (Wildman–Crippen LogP) is 9.24. The smallest absolute Gasteiger partial charge is 0.222 e. The van der Waals surface area contributed by atoms with E-state index < -0.39 is 0 Å². The Morgan fingerprint density at radius 1 is 0.639 bits per heavy atom. The minimum atomic E-state index is 0.448. The molecule has 0 N–H and O–H groups in total. The third kappa shape index (κ3) is 11.9. The van der Waals surface area contributed by atoms with Gasteiger partial charge in [-0.3, -0.25) is 4.79 Å². The lowest BCUT2D eigenvalue weighted by Gasteiger charge is -2.55. The highest BCUT2D eigenvalue weighted by molar-refractivity contribution is 5.76. The third-order valence-electron chi connectivity index (χ3n) is 9.44. The first-order valence-electron chi connectivity index (χ1n) is 16.6. The first kappa shape index (κ1) is 31.6. The summed E-state index contributed by atoms with van der Waals surface area (Å²) in [6.07, 6.45) is 26.2. The molecule has 1 amide bonds. The second-order valence-electron chi connectivity index (χ2n) is 12.8. The fourth-order valence-electron chi connectivity index (χ4n) is 6.91. The lowest BCUT2D eigenvalue weighted by atomic mass is 9.71. The zero-order valence-corrected chi connectivity index (χ0v) is 25.1. The molecule has 1 unspecified atom stereocenters. The van der Waals surface area contributed by atoms with Crippen molar-refractivity contribution in [1.29, 1.82) is 0 Å². The number of amides is 1. The van der Waals surface area contributed by atoms with Gasteiger partial charge in [0.2, 0.25) is 5.91 Å². The molecule has 2 saturated heterocycles. The van der Waals surface area contributed by atoms with E-state index >= 15 is 0 Å². The zero-order valence-electron chi connectivity index (χ0n) is 25.1. The maximum absolute atomic E-state index is 13.1. The van der Waals surface area contributed by atoms with Crippen molar-refractivity contribution in [2.75, 3.05) is 32.7 Å². The van der Waals surface area contributed by atoms with E-state index in [9.17, 15) is 4.79 Å². The molecule has 2 aliphatic heterocycles. The second kappa shape index (κ2) is 18.6. The van der Waals surface area contributed by atoms with Crippen LogP contribution in [0.5, 0.6) is 0 Å². The van der Waals surface area contributed by atoms with Crippen LogP contribution in [-0.4, -0.2) is 48.4 Å². The molecule has 0 saturated carbocycles. The van der Waals surface area contributed by atoms with Gasteiger partial charge in [-0.15, -0.1) is 0 Å². The summed E-state index contributed by atoms with van der Waals surface area (Å²) in [7, 11) is 0. The van der Waals surface area contributed by atoms with Gasteiger partial charge in [-0.1, -0.05) is 118 Å². The fraction of sp³-hybridized carbons (Fsp3) is 0.970. The van der Waals surface area contributed by atoms with Crippen LogP contribution < -0.4 is 0 Å². The monoisotopic (exact) mass is 505 g/mol. The van der Waals surface area contributed by atoms with Crippen LogP contribution in [0, 0.1) is 17.3 Å². The van der Waals surface area contributed by atoms with Crippen LogP contribution in [0.4, 0.5) is 0 Å². The first-order chi connectivity index (χ1) is 17.6. The van der Waals surface area contributed by atoms with E-state index in [4.69, 9.17) is 0 Å². The van der Waals surface area contributed by atoms with E-state index in [1.807, 2.05) is 0 Å². The average Bonchev–Trinajstić information content (AvgIpc) is 2.87. The van der Waals surface area contributed by atoms with Gasteiger partial charge < -0.3 is 9.80 Å². The van der Waals surface area contributed by atoms with Crippen LogP contribution in [0.1, 0.15) is 156 Å². The summed E-state index contributed by atoms with van der Waals surface area (Å²) < 4.78 is 0. The summed E-state index contributed by atoms with van der Waals surface area (Å²) in [6.45, 7) is 15.2. The van der Waals surface area contributed by atoms with E-state index in [1.54, 1.807) is 0 Å². The van der Waals surface area contributed by atoms with E-state index in [2.05, 4.69) is 37.5 Å². The highest BCUT2D eigenvalue weighted by atomic mass is 16.2. The molecule has 0 radical (unpaired) electrons. The molecule has 0 bridgehead atoms. The van der Waals surface area contributed by atoms with E-state index in [0.29, 0.717) is 11.3 Å². The van der Waals surface area contributed by atoms with Gasteiger partial charge in [0.25, 0.3) is 0 Å². The molecular formula is C33H64N2O. The van der Waals surface area contributed by atoms with Crippen molar-refractivity contribution in [3.8, 4) is 0 Å². The standard InChI is InChI=1S/C33H64N2O/c1-5-9-13-16-20-31(17-12-8-4)27-34-28-33(29-34)23-25-35(26-24-33)32(36)22-21-30(18-14-10-6-2)19-15-11-7-3/h30-31H,5-29H2,1-4H3. The highest BCUT2D eigenvalue weighted by Gasteiger charge is 2.45. The largest absolute Gasteiger partial charge is 0.343 e. The van der Waals surface area contributed by atoms with Gasteiger partial charge in [0, 0.05) is 39.1 Å². The maximum atomic E-state index is 13.1. The number of likely N-dealkylation sites (tertiary alicyclic amines) is 2. The quantitative estimate of drug-likeness (QED) is 0.145. The van der Waals surface area contributed by atoms with Crippen LogP contribution >= 0.6 is 0 Å². The van der Waals surface area contributed by atoms with Crippen LogP contribution in [0.3, 0.4) is 0 Å². The Hall–Kier alpha value is -0.570. The summed E-state index contributed by atoms with van der Waals surface area (Å²) in [4.78, 5) is 18.0. The molecule has 2 rings (SSSR count). The third-order valence-corrected chi connectivity index (χ3v) is 9.44. The number of hydrogen-bond acceptors (Lipinski definition) is 2. The summed E-state index contributed by atoms with van der Waals surface area (Å²) >= 11 is 0. The molecule has 1 spiro atoms. The first-order valence-corrected chi connectivity index (χ1v) is 16.6. The number of rotatable bonds is 21. The molecule has 36 heavy (non-hydrogen) atoms. The fourth-order valence-corrected chi connectivity index (χ4v) is 6.91. The van der Waals surface area contributed by atoms with E-state index in [0.717, 1.165) is 37.8 Å². The molecule has 0 aromatic carbocycles. The van der Waals surface area contributed by atoms with E-state index in [-0.39, 0.29) is 0 Å². The van der Waals surface area contributed by atoms with Crippen molar-refractivity contribution in [3.63, 3.8) is 0 Å². The van der Waals surface area contributed by atoms with Crippen LogP contribution in [0.25, 0.3) is 0 Å². The molecule has 3 heteroatoms. The highest BCUT2D eigenvalue weighted by Crippen LogP contribution is 2.41. The minimum absolute atomic E-state index is 0.448. The maximum Gasteiger partial charge on any atom is 0.222 e. The number of piperidine rings is 1. The average molecular weight is 505 g/mol. The van der Waals surface area contributed by atoms with Gasteiger partial charge in [-0.25, -0.2) is 0 Å². The van der Waals surface area contributed by atoms with Gasteiger partial charge in [0.15, 0.2) is 0 Å². The molecule has 212 valence electrons. The van der Waals surface area contributed by atoms with Gasteiger partial charge in [0.05, 0.1) is 0 Å². The molecule has 0 aromatic rings. The Labute approximate surface area is 226 Å². The summed E-state index contributed by atoms with van der Waals surface area (Å²) in [5, 5.41) is 0. The van der Waals surface area contributed by atoms with Crippen molar-refractivity contribution in [1.82, 2.24) is 9.80 Å². The van der Waals surface area contributed by atoms with Crippen molar-refractivity contribution in [3.05, 3.63) is 0 Å². The molecule has 2 fully saturated rings. The molecule has 2 aliphatic rings. The van der Waals surface area contributed by atoms with Crippen molar-refractivity contribution in [2.24, 2.45) is 17.3 Å². The summed E-state index contributed by atoms with van der Waals surface area (Å²) in [5.74, 6) is 2.12. The molecule has 0 aromatic heterocycles. The van der Waals surface area contributed by atoms with Gasteiger partial charge in [0.1, 0.15) is 0 Å². The summed E-state index contributed by atoms with van der Waals surface area (Å²) in [5.41, 5.74) is 0.525. The Morgan fingerprint density at radius 3 is 1.72 bits per heavy atom. The molecule has 1 atom stereocenters. The molecule has 0 aliphatic carbocycles. The second-order valence-corrected chi connectivity index (χ2v) is 12.8. The predicted molar refractivity (Wildman–Crippen MR) is 157 cm³/mol. The molecule has 2 heterocycles. The molecular weight excluding hydrogens is 440 g/mol. The van der Waals surface area contributed by atoms with Crippen LogP contribution in [0.2, 0.25) is 0 Å². The van der Waals surface area contributed by atoms with Crippen molar-refractivity contribution < 1.29 is 4.79 Å². The normalized spacial score (nSPS) is 18.6. The Kier molecular flexibility index (Phi) is 16.4. The summed E-state index contributed by atoms with van der Waals surface area (Å²) in [6, 6.07) is 0. The van der Waals surface area contributed by atoms with E-state index in [1.165, 1.54) is 135 Å². The Balaban J connectivity index is 1.68. The molecule has 3 nitrogen and oxygen atoms in total. The van der Waals surface area contributed by atoms with Crippen molar-refractivity contribution in [2.45, 2.75) is 156 Å². The Morgan fingerprint density at radius 2 is 1.14 bits per heavy atom. The topological polar surface area (TPSA) is 23.6 Å². The number of hydrogen-bond donors (Lipinski definition) is 0. The SMILES string of the molecule is CCCCCCC(CCCC)CN1CC2(CCN(C(=O)CCC(CCCCC)CCCCC)CC2)C1. The van der Waals surface area contributed by atoms with Gasteiger partial charge in [-0.05, 0) is 49.4 Å². The van der Waals surface area contributed by atoms with Crippen molar-refractivity contribution >= 4 is 5.91 Å². The van der Waals surface area contributed by atoms with Gasteiger partial charge >= 0.3 is 0 Å². The number of nitrogens with zero attached hydrogens (tertiary/aromatic N) is 2. The zero-order chi connectivity index (χ0) is 26.1. The lowest BCUT2D eigenvalue weighted by molar-refractivity contribution is -0.136. The Bertz CT molecular complexity index is 536. The number of carbonyl (C=O) groups is 1.